The van der Waals surface area contributed by atoms with E-state index in [0.717, 1.165) is 17.8 Å². The maximum absolute atomic E-state index is 13.6. The maximum atomic E-state index is 13.6. The van der Waals surface area contributed by atoms with Crippen LogP contribution in [0.5, 0.6) is 11.5 Å². The SMILES string of the molecule is CNC(=O)[C@@H]1CN(Cc2ccc(Oc3c(F)cccc3F)cn2)CCO1. The van der Waals surface area contributed by atoms with Crippen molar-refractivity contribution >= 4 is 5.91 Å². The summed E-state index contributed by atoms with van der Waals surface area (Å²) in [5.74, 6) is -1.92. The van der Waals surface area contributed by atoms with Crippen molar-refractivity contribution in [3.63, 3.8) is 0 Å². The Bertz CT molecular complexity index is 751. The van der Waals surface area contributed by atoms with Crippen molar-refractivity contribution in [2.75, 3.05) is 26.7 Å². The highest BCUT2D eigenvalue weighted by Gasteiger charge is 2.26. The van der Waals surface area contributed by atoms with Gasteiger partial charge in [-0.2, -0.15) is 0 Å². The van der Waals surface area contributed by atoms with Crippen LogP contribution in [-0.2, 0) is 16.1 Å². The molecule has 1 amide bonds. The highest BCUT2D eigenvalue weighted by atomic mass is 19.1. The normalized spacial score (nSPS) is 17.7. The zero-order valence-electron chi connectivity index (χ0n) is 14.2. The number of halogens is 2. The first-order chi connectivity index (χ1) is 12.6. The molecule has 1 N–H and O–H groups in total. The summed E-state index contributed by atoms with van der Waals surface area (Å²) in [6.07, 6.45) is 0.915. The van der Waals surface area contributed by atoms with Crippen LogP contribution < -0.4 is 10.1 Å². The smallest absolute Gasteiger partial charge is 0.250 e. The number of ether oxygens (including phenoxy) is 2. The predicted octanol–water partition coefficient (Wildman–Crippen LogP) is 2.10. The molecule has 3 rings (SSSR count). The number of rotatable bonds is 5. The van der Waals surface area contributed by atoms with Crippen molar-refractivity contribution < 1.29 is 23.0 Å². The molecule has 0 radical (unpaired) electrons. The standard InChI is InChI=1S/C18H19F2N3O3/c1-21-18(24)16-11-23(7-8-25-16)10-12-5-6-13(9-22-12)26-17-14(19)3-2-4-15(17)20/h2-6,9,16H,7-8,10-11H2,1H3,(H,21,24)/t16-/m0/s1. The topological polar surface area (TPSA) is 63.7 Å². The number of benzene rings is 1. The lowest BCUT2D eigenvalue weighted by Crippen LogP contribution is -2.48. The number of likely N-dealkylation sites (N-methyl/N-ethyl adjacent to an activating group) is 1. The number of morpholine rings is 1. The summed E-state index contributed by atoms with van der Waals surface area (Å²) in [5.41, 5.74) is 0.754. The molecule has 2 aromatic rings. The molecular weight excluding hydrogens is 344 g/mol. The molecule has 0 bridgehead atoms. The van der Waals surface area contributed by atoms with Gasteiger partial charge in [-0.15, -0.1) is 0 Å². The van der Waals surface area contributed by atoms with Crippen LogP contribution in [0, 0.1) is 11.6 Å². The van der Waals surface area contributed by atoms with E-state index >= 15 is 0 Å². The lowest BCUT2D eigenvalue weighted by atomic mass is 10.2. The number of hydrogen-bond acceptors (Lipinski definition) is 5. The van der Waals surface area contributed by atoms with Crippen molar-refractivity contribution in [3.8, 4) is 11.5 Å². The molecule has 6 nitrogen and oxygen atoms in total. The van der Waals surface area contributed by atoms with E-state index in [4.69, 9.17) is 9.47 Å². The number of aromatic nitrogens is 1. The number of hydrogen-bond donors (Lipinski definition) is 1. The zero-order chi connectivity index (χ0) is 18.5. The van der Waals surface area contributed by atoms with Gasteiger partial charge in [-0.1, -0.05) is 6.07 Å². The first kappa shape index (κ1) is 18.2. The Hall–Kier alpha value is -2.58. The molecular formula is C18H19F2N3O3. The molecule has 1 saturated heterocycles. The first-order valence-electron chi connectivity index (χ1n) is 8.19. The van der Waals surface area contributed by atoms with Gasteiger partial charge in [-0.25, -0.2) is 8.78 Å². The van der Waals surface area contributed by atoms with Crippen molar-refractivity contribution in [1.82, 2.24) is 15.2 Å². The number of carbonyl (C=O) groups excluding carboxylic acids is 1. The Labute approximate surface area is 149 Å². The fourth-order valence-corrected chi connectivity index (χ4v) is 2.66. The van der Waals surface area contributed by atoms with E-state index in [1.165, 1.54) is 12.3 Å². The highest BCUT2D eigenvalue weighted by Crippen LogP contribution is 2.27. The summed E-state index contributed by atoms with van der Waals surface area (Å²) in [4.78, 5) is 18.0. The second-order valence-corrected chi connectivity index (χ2v) is 5.85. The van der Waals surface area contributed by atoms with Crippen LogP contribution >= 0.6 is 0 Å². The van der Waals surface area contributed by atoms with Crippen LogP contribution in [0.1, 0.15) is 5.69 Å². The van der Waals surface area contributed by atoms with Gasteiger partial charge >= 0.3 is 0 Å². The molecule has 1 atom stereocenters. The fraction of sp³-hybridized carbons (Fsp3) is 0.333. The van der Waals surface area contributed by atoms with Gasteiger partial charge in [0.1, 0.15) is 11.9 Å². The summed E-state index contributed by atoms with van der Waals surface area (Å²) >= 11 is 0. The number of nitrogens with zero attached hydrogens (tertiary/aromatic N) is 2. The predicted molar refractivity (Wildman–Crippen MR) is 89.8 cm³/mol. The van der Waals surface area contributed by atoms with E-state index in [0.29, 0.717) is 26.2 Å². The molecule has 1 fully saturated rings. The van der Waals surface area contributed by atoms with Crippen LogP contribution in [0.3, 0.4) is 0 Å². The van der Waals surface area contributed by atoms with Crippen LogP contribution in [0.25, 0.3) is 0 Å². The Kier molecular flexibility index (Phi) is 5.75. The van der Waals surface area contributed by atoms with Gasteiger partial charge in [-0.3, -0.25) is 14.7 Å². The average molecular weight is 363 g/mol. The summed E-state index contributed by atoms with van der Waals surface area (Å²) in [7, 11) is 1.57. The van der Waals surface area contributed by atoms with Crippen molar-refractivity contribution in [3.05, 3.63) is 53.9 Å². The fourth-order valence-electron chi connectivity index (χ4n) is 2.66. The minimum Gasteiger partial charge on any atom is -0.450 e. The van der Waals surface area contributed by atoms with Crippen LogP contribution in [0.15, 0.2) is 36.5 Å². The Morgan fingerprint density at radius 2 is 2.12 bits per heavy atom. The highest BCUT2D eigenvalue weighted by molar-refractivity contribution is 5.80. The average Bonchev–Trinajstić information content (AvgIpc) is 2.66. The molecule has 1 aliphatic rings. The number of pyridine rings is 1. The van der Waals surface area contributed by atoms with Gasteiger partial charge in [0.05, 0.1) is 18.5 Å². The largest absolute Gasteiger partial charge is 0.450 e. The molecule has 0 spiro atoms. The van der Waals surface area contributed by atoms with E-state index in [9.17, 15) is 13.6 Å². The van der Waals surface area contributed by atoms with Gasteiger partial charge in [0.2, 0.25) is 5.91 Å². The zero-order valence-corrected chi connectivity index (χ0v) is 14.2. The van der Waals surface area contributed by atoms with Gasteiger partial charge in [0.25, 0.3) is 0 Å². The van der Waals surface area contributed by atoms with Crippen molar-refractivity contribution in [1.29, 1.82) is 0 Å². The minimum atomic E-state index is -0.775. The van der Waals surface area contributed by atoms with Gasteiger partial charge in [0, 0.05) is 26.7 Å². The molecule has 26 heavy (non-hydrogen) atoms. The van der Waals surface area contributed by atoms with Gasteiger partial charge < -0.3 is 14.8 Å². The third-order valence-corrected chi connectivity index (χ3v) is 4.01. The lowest BCUT2D eigenvalue weighted by Gasteiger charge is -2.31. The van der Waals surface area contributed by atoms with E-state index in [-0.39, 0.29) is 11.7 Å². The second kappa shape index (κ2) is 8.20. The quantitative estimate of drug-likeness (QED) is 0.881. The van der Waals surface area contributed by atoms with Gasteiger partial charge in [0.15, 0.2) is 17.4 Å². The maximum Gasteiger partial charge on any atom is 0.250 e. The molecule has 138 valence electrons. The van der Waals surface area contributed by atoms with E-state index < -0.39 is 23.5 Å². The summed E-state index contributed by atoms with van der Waals surface area (Å²) in [6.45, 7) is 2.16. The third kappa shape index (κ3) is 4.33. The molecule has 8 heteroatoms. The minimum absolute atomic E-state index is 0.154. The Balaban J connectivity index is 1.62. The molecule has 0 unspecified atom stereocenters. The van der Waals surface area contributed by atoms with Crippen molar-refractivity contribution in [2.24, 2.45) is 0 Å². The molecule has 1 aliphatic heterocycles. The van der Waals surface area contributed by atoms with E-state index in [1.807, 2.05) is 0 Å². The number of para-hydroxylation sites is 1. The first-order valence-corrected chi connectivity index (χ1v) is 8.19. The summed E-state index contributed by atoms with van der Waals surface area (Å²) in [6, 6.07) is 6.85. The summed E-state index contributed by atoms with van der Waals surface area (Å²) in [5, 5.41) is 2.57. The molecule has 1 aromatic heterocycles. The Morgan fingerprint density at radius 3 is 2.77 bits per heavy atom. The summed E-state index contributed by atoms with van der Waals surface area (Å²) < 4.78 is 37.9. The van der Waals surface area contributed by atoms with Gasteiger partial charge in [-0.05, 0) is 24.3 Å². The van der Waals surface area contributed by atoms with Crippen LogP contribution in [0.2, 0.25) is 0 Å². The third-order valence-electron chi connectivity index (χ3n) is 4.01. The molecule has 0 aliphatic carbocycles. The number of nitrogens with one attached hydrogen (secondary N) is 1. The van der Waals surface area contributed by atoms with E-state index in [2.05, 4.69) is 15.2 Å². The number of carbonyl (C=O) groups is 1. The molecule has 1 aromatic carbocycles. The van der Waals surface area contributed by atoms with Crippen molar-refractivity contribution in [2.45, 2.75) is 12.6 Å². The second-order valence-electron chi connectivity index (χ2n) is 5.85. The molecule has 0 saturated carbocycles. The Morgan fingerprint density at radius 1 is 1.35 bits per heavy atom. The van der Waals surface area contributed by atoms with Crippen LogP contribution in [0.4, 0.5) is 8.78 Å². The van der Waals surface area contributed by atoms with E-state index in [1.54, 1.807) is 19.2 Å². The molecule has 2 heterocycles. The lowest BCUT2D eigenvalue weighted by molar-refractivity contribution is -0.138. The number of amides is 1. The monoisotopic (exact) mass is 363 g/mol. The van der Waals surface area contributed by atoms with Crippen LogP contribution in [-0.4, -0.2) is 48.6 Å².